The van der Waals surface area contributed by atoms with Gasteiger partial charge in [-0.15, -0.1) is 11.3 Å². The number of hydrogen-bond acceptors (Lipinski definition) is 2. The first-order valence-corrected chi connectivity index (χ1v) is 14.9. The van der Waals surface area contributed by atoms with Gasteiger partial charge in [-0.3, -0.25) is 0 Å². The lowest BCUT2D eigenvalue weighted by Gasteiger charge is -2.27. The Morgan fingerprint density at radius 1 is 0.700 bits per heavy atom. The zero-order chi connectivity index (χ0) is 25.9. The van der Waals surface area contributed by atoms with Crippen LogP contribution in [0.2, 0.25) is 0 Å². The summed E-state index contributed by atoms with van der Waals surface area (Å²) in [6.07, 6.45) is 4.67. The van der Waals surface area contributed by atoms with Crippen LogP contribution in [0.3, 0.4) is 0 Å². The van der Waals surface area contributed by atoms with Crippen LogP contribution in [0.1, 0.15) is 29.9 Å². The third-order valence-corrected chi connectivity index (χ3v) is 10.3. The monoisotopic (exact) mass is 529 g/mol. The van der Waals surface area contributed by atoms with Crippen LogP contribution in [0, 0.1) is 0 Å². The summed E-state index contributed by atoms with van der Waals surface area (Å²) in [7, 11) is 0. The Morgan fingerprint density at radius 2 is 1.50 bits per heavy atom. The molecule has 40 heavy (non-hydrogen) atoms. The lowest BCUT2D eigenvalue weighted by atomic mass is 9.77. The van der Waals surface area contributed by atoms with E-state index in [-0.39, 0.29) is 0 Å². The molecule has 2 aliphatic rings. The molecule has 0 radical (unpaired) electrons. The van der Waals surface area contributed by atoms with E-state index in [4.69, 9.17) is 4.42 Å². The van der Waals surface area contributed by atoms with Crippen LogP contribution in [0.4, 0.5) is 0 Å². The second-order valence-electron chi connectivity index (χ2n) is 11.1. The molecular weight excluding hydrogens is 506 g/mol. The molecule has 0 aliphatic heterocycles. The minimum Gasteiger partial charge on any atom is -0.456 e. The van der Waals surface area contributed by atoms with Gasteiger partial charge in [0.25, 0.3) is 0 Å². The molecule has 1 atom stereocenters. The lowest BCUT2D eigenvalue weighted by Crippen LogP contribution is -2.32. The van der Waals surface area contributed by atoms with Crippen LogP contribution in [0.25, 0.3) is 70.4 Å². The molecule has 5 aromatic carbocycles. The van der Waals surface area contributed by atoms with Gasteiger partial charge in [-0.05, 0) is 65.9 Å². The van der Waals surface area contributed by atoms with Crippen molar-refractivity contribution in [1.29, 1.82) is 0 Å². The molecule has 0 N–H and O–H groups in total. The normalized spacial score (nSPS) is 16.2. The van der Waals surface area contributed by atoms with Gasteiger partial charge in [0.1, 0.15) is 11.2 Å². The van der Waals surface area contributed by atoms with E-state index in [1.54, 1.807) is 0 Å². The number of benzene rings is 5. The molecular formula is C37H23NOS. The van der Waals surface area contributed by atoms with Crippen LogP contribution >= 0.6 is 11.3 Å². The van der Waals surface area contributed by atoms with Crippen molar-refractivity contribution in [2.24, 2.45) is 0 Å². The number of fused-ring (bicyclic) bond motifs is 9. The summed E-state index contributed by atoms with van der Waals surface area (Å²) in [6.45, 7) is 0. The largest absolute Gasteiger partial charge is 0.456 e. The van der Waals surface area contributed by atoms with Gasteiger partial charge in [-0.2, -0.15) is 0 Å². The molecule has 3 aromatic heterocycles. The fourth-order valence-electron chi connectivity index (χ4n) is 7.60. The molecule has 3 heterocycles. The quantitative estimate of drug-likeness (QED) is 0.208. The van der Waals surface area contributed by atoms with Gasteiger partial charge in [0, 0.05) is 59.2 Å². The summed E-state index contributed by atoms with van der Waals surface area (Å²) in [6, 6.07) is 37.8. The standard InChI is InChI=1S/C37H23NOS/c1-3-14-29-22(8-1)27-12-5-10-25-26-11-6-16-32-35(26)36-28(13-7-17-33(36)40-32)34(25)37(27)38(29)21-18-19-24-23-9-2-4-15-30(23)39-31(24)20-21/h1-4,6-9,11-20,25H,5,10H2. The summed E-state index contributed by atoms with van der Waals surface area (Å²) >= 11 is 1.93. The van der Waals surface area contributed by atoms with Crippen molar-refractivity contribution in [2.75, 3.05) is 0 Å². The summed E-state index contributed by atoms with van der Waals surface area (Å²) in [4.78, 5) is 0. The molecule has 2 aliphatic carbocycles. The van der Waals surface area contributed by atoms with E-state index in [1.807, 2.05) is 17.4 Å². The predicted octanol–water partition coefficient (Wildman–Crippen LogP) is 8.77. The molecule has 188 valence electrons. The van der Waals surface area contributed by atoms with E-state index >= 15 is 0 Å². The van der Waals surface area contributed by atoms with E-state index in [0.29, 0.717) is 5.92 Å². The van der Waals surface area contributed by atoms with Crippen molar-refractivity contribution in [3.8, 4) is 5.69 Å². The van der Waals surface area contributed by atoms with Crippen molar-refractivity contribution >= 4 is 76.0 Å². The third-order valence-electron chi connectivity index (χ3n) is 9.16. The van der Waals surface area contributed by atoms with Crippen molar-refractivity contribution < 1.29 is 4.42 Å². The second-order valence-corrected chi connectivity index (χ2v) is 12.2. The summed E-state index contributed by atoms with van der Waals surface area (Å²) in [5.41, 5.74) is 8.61. The zero-order valence-corrected chi connectivity index (χ0v) is 22.5. The van der Waals surface area contributed by atoms with E-state index < -0.39 is 0 Å². The molecule has 10 rings (SSSR count). The maximum atomic E-state index is 6.37. The van der Waals surface area contributed by atoms with Gasteiger partial charge in [0.15, 0.2) is 0 Å². The third kappa shape index (κ3) is 2.59. The highest BCUT2D eigenvalue weighted by molar-refractivity contribution is 7.26. The number of nitrogens with zero attached hydrogens (tertiary/aromatic N) is 1. The van der Waals surface area contributed by atoms with Gasteiger partial charge >= 0.3 is 0 Å². The molecule has 0 spiro atoms. The van der Waals surface area contributed by atoms with E-state index in [1.165, 1.54) is 63.7 Å². The van der Waals surface area contributed by atoms with Gasteiger partial charge < -0.3 is 8.98 Å². The molecule has 2 nitrogen and oxygen atoms in total. The van der Waals surface area contributed by atoms with Crippen LogP contribution in [-0.2, 0) is 0 Å². The molecule has 8 aromatic rings. The van der Waals surface area contributed by atoms with E-state index in [9.17, 15) is 0 Å². The maximum absolute atomic E-state index is 6.37. The van der Waals surface area contributed by atoms with E-state index in [0.717, 1.165) is 35.1 Å². The number of furan rings is 1. The smallest absolute Gasteiger partial charge is 0.137 e. The molecule has 1 unspecified atom stereocenters. The molecule has 0 bridgehead atoms. The first kappa shape index (κ1) is 21.2. The minimum absolute atomic E-state index is 0.354. The highest BCUT2D eigenvalue weighted by Crippen LogP contribution is 2.50. The van der Waals surface area contributed by atoms with Crippen LogP contribution in [0.5, 0.6) is 0 Å². The molecule has 0 amide bonds. The number of para-hydroxylation sites is 2. The Hall–Kier alpha value is -4.60. The van der Waals surface area contributed by atoms with Gasteiger partial charge in [0.2, 0.25) is 0 Å². The van der Waals surface area contributed by atoms with Gasteiger partial charge in [0.05, 0.1) is 10.9 Å². The average Bonchev–Trinajstić information content (AvgIpc) is 3.61. The first-order valence-electron chi connectivity index (χ1n) is 14.1. The minimum atomic E-state index is 0.354. The summed E-state index contributed by atoms with van der Waals surface area (Å²) in [5.74, 6) is 0.354. The number of thiophene rings is 1. The Labute approximate surface area is 233 Å². The Balaban J connectivity index is 1.42. The lowest BCUT2D eigenvalue weighted by molar-refractivity contribution is 0.668. The van der Waals surface area contributed by atoms with Gasteiger partial charge in [-0.25, -0.2) is 0 Å². The highest BCUT2D eigenvalue weighted by Gasteiger charge is 2.32. The van der Waals surface area contributed by atoms with Crippen molar-refractivity contribution in [2.45, 2.75) is 18.8 Å². The highest BCUT2D eigenvalue weighted by atomic mass is 32.1. The van der Waals surface area contributed by atoms with Crippen LogP contribution in [0.15, 0.2) is 108 Å². The molecule has 0 saturated carbocycles. The fourth-order valence-corrected chi connectivity index (χ4v) is 8.76. The fraction of sp³-hybridized carbons (Fsp3) is 0.0811. The molecule has 0 fully saturated rings. The zero-order valence-electron chi connectivity index (χ0n) is 21.6. The maximum Gasteiger partial charge on any atom is 0.137 e. The van der Waals surface area contributed by atoms with Crippen molar-refractivity contribution in [1.82, 2.24) is 4.57 Å². The Bertz CT molecular complexity index is 2500. The van der Waals surface area contributed by atoms with Crippen molar-refractivity contribution in [3.63, 3.8) is 0 Å². The van der Waals surface area contributed by atoms with Gasteiger partial charge in [-0.1, -0.05) is 66.7 Å². The SMILES string of the molecule is C1=c2c(n(-c3ccc4c(c3)oc3ccccc34)c3ccccc23)=C2c3cccc4sc5cccc(c5c34)C2CC1. The molecule has 0 saturated heterocycles. The topological polar surface area (TPSA) is 18.1 Å². The van der Waals surface area contributed by atoms with Crippen molar-refractivity contribution in [3.05, 3.63) is 125 Å². The second kappa shape index (κ2) is 7.53. The predicted molar refractivity (Wildman–Crippen MR) is 168 cm³/mol. The Kier molecular flexibility index (Phi) is 4.00. The summed E-state index contributed by atoms with van der Waals surface area (Å²) < 4.78 is 11.7. The average molecular weight is 530 g/mol. The van der Waals surface area contributed by atoms with Crippen LogP contribution in [-0.4, -0.2) is 4.57 Å². The number of hydrogen-bond donors (Lipinski definition) is 0. The summed E-state index contributed by atoms with van der Waals surface area (Å²) in [5, 5.41) is 9.25. The molecule has 3 heteroatoms. The first-order chi connectivity index (χ1) is 19.8. The number of rotatable bonds is 1. The number of aromatic nitrogens is 1. The van der Waals surface area contributed by atoms with E-state index in [2.05, 4.69) is 108 Å². The van der Waals surface area contributed by atoms with Crippen LogP contribution < -0.4 is 10.6 Å². The Morgan fingerprint density at radius 3 is 2.45 bits per heavy atom.